The van der Waals surface area contributed by atoms with E-state index in [2.05, 4.69) is 60.4 Å². The molecule has 0 bridgehead atoms. The van der Waals surface area contributed by atoms with Crippen LogP contribution in [0.15, 0.2) is 33.6 Å². The highest BCUT2D eigenvalue weighted by Gasteiger charge is 2.15. The number of rotatable bonds is 6. The van der Waals surface area contributed by atoms with Crippen LogP contribution in [-0.4, -0.2) is 21.3 Å². The van der Waals surface area contributed by atoms with E-state index in [4.69, 9.17) is 0 Å². The third kappa shape index (κ3) is 4.14. The van der Waals surface area contributed by atoms with E-state index < -0.39 is 0 Å². The number of nitrogens with zero attached hydrogens (tertiary/aromatic N) is 3. The third-order valence-corrected chi connectivity index (χ3v) is 4.17. The van der Waals surface area contributed by atoms with E-state index in [1.54, 1.807) is 0 Å². The van der Waals surface area contributed by atoms with Gasteiger partial charge in [0.2, 0.25) is 0 Å². The molecule has 2 heterocycles. The van der Waals surface area contributed by atoms with Crippen molar-refractivity contribution in [3.8, 4) is 0 Å². The van der Waals surface area contributed by atoms with Gasteiger partial charge in [-0.3, -0.25) is 9.67 Å². The summed E-state index contributed by atoms with van der Waals surface area (Å²) in [5.41, 5.74) is 2.31. The van der Waals surface area contributed by atoms with Crippen LogP contribution in [0.2, 0.25) is 0 Å². The molecule has 0 aromatic carbocycles. The molecule has 0 amide bonds. The van der Waals surface area contributed by atoms with Gasteiger partial charge in [0.05, 0.1) is 17.9 Å². The van der Waals surface area contributed by atoms with Crippen molar-refractivity contribution < 1.29 is 0 Å². The zero-order valence-electron chi connectivity index (χ0n) is 11.6. The minimum absolute atomic E-state index is 0.239. The molecule has 2 aromatic heterocycles. The summed E-state index contributed by atoms with van der Waals surface area (Å²) < 4.78 is 3.85. The SMILES string of the molecule is CCNC(CCc1cnn(C)c1)c1ncc(Br)cc1Br. The molecule has 0 aliphatic rings. The first-order valence-electron chi connectivity index (χ1n) is 6.62. The number of halogens is 2. The molecule has 6 heteroatoms. The number of nitrogens with one attached hydrogen (secondary N) is 1. The molecular weight excluding hydrogens is 384 g/mol. The van der Waals surface area contributed by atoms with Crippen LogP contribution in [0.5, 0.6) is 0 Å². The molecule has 108 valence electrons. The van der Waals surface area contributed by atoms with E-state index in [0.717, 1.165) is 34.0 Å². The summed E-state index contributed by atoms with van der Waals surface area (Å²) in [4.78, 5) is 4.54. The fourth-order valence-electron chi connectivity index (χ4n) is 2.18. The maximum atomic E-state index is 4.54. The standard InChI is InChI=1S/C14H18Br2N4/c1-3-17-13(5-4-10-7-19-20(2)9-10)14-12(16)6-11(15)8-18-14/h6-9,13,17H,3-5H2,1-2H3. The molecule has 0 saturated carbocycles. The zero-order valence-corrected chi connectivity index (χ0v) is 14.8. The third-order valence-electron chi connectivity index (χ3n) is 3.10. The smallest absolute Gasteiger partial charge is 0.0715 e. The first-order valence-corrected chi connectivity index (χ1v) is 8.20. The Morgan fingerprint density at radius 2 is 2.15 bits per heavy atom. The van der Waals surface area contributed by atoms with Crippen LogP contribution in [0.4, 0.5) is 0 Å². The Hall–Kier alpha value is -0.720. The van der Waals surface area contributed by atoms with Gasteiger partial charge in [-0.2, -0.15) is 5.10 Å². The lowest BCUT2D eigenvalue weighted by atomic mass is 10.0. The van der Waals surface area contributed by atoms with Crippen LogP contribution in [-0.2, 0) is 13.5 Å². The van der Waals surface area contributed by atoms with Gasteiger partial charge in [0.1, 0.15) is 0 Å². The Balaban J connectivity index is 2.09. The molecule has 0 aliphatic heterocycles. The quantitative estimate of drug-likeness (QED) is 0.803. The van der Waals surface area contributed by atoms with Gasteiger partial charge in [-0.1, -0.05) is 6.92 Å². The summed E-state index contributed by atoms with van der Waals surface area (Å²) in [5.74, 6) is 0. The van der Waals surface area contributed by atoms with E-state index in [-0.39, 0.29) is 6.04 Å². The van der Waals surface area contributed by atoms with Crippen LogP contribution in [0.1, 0.15) is 30.6 Å². The van der Waals surface area contributed by atoms with Gasteiger partial charge in [-0.15, -0.1) is 0 Å². The van der Waals surface area contributed by atoms with E-state index >= 15 is 0 Å². The second-order valence-corrected chi connectivity index (χ2v) is 6.46. The number of pyridine rings is 1. The molecule has 4 nitrogen and oxygen atoms in total. The lowest BCUT2D eigenvalue weighted by Gasteiger charge is -2.18. The highest BCUT2D eigenvalue weighted by Crippen LogP contribution is 2.27. The van der Waals surface area contributed by atoms with Crippen molar-refractivity contribution in [3.05, 3.63) is 44.9 Å². The Morgan fingerprint density at radius 1 is 1.35 bits per heavy atom. The predicted octanol–water partition coefficient (Wildman–Crippen LogP) is 3.62. The minimum Gasteiger partial charge on any atom is -0.309 e. The van der Waals surface area contributed by atoms with Gasteiger partial charge in [0, 0.05) is 28.4 Å². The van der Waals surface area contributed by atoms with E-state index in [9.17, 15) is 0 Å². The largest absolute Gasteiger partial charge is 0.309 e. The number of hydrogen-bond donors (Lipinski definition) is 1. The van der Waals surface area contributed by atoms with E-state index in [1.807, 2.05) is 30.2 Å². The fraction of sp³-hybridized carbons (Fsp3) is 0.429. The number of aryl methyl sites for hydroxylation is 2. The monoisotopic (exact) mass is 400 g/mol. The van der Waals surface area contributed by atoms with Crippen LogP contribution in [0.3, 0.4) is 0 Å². The van der Waals surface area contributed by atoms with Crippen LogP contribution in [0, 0.1) is 0 Å². The molecule has 1 unspecified atom stereocenters. The summed E-state index contributed by atoms with van der Waals surface area (Å²) >= 11 is 7.04. The van der Waals surface area contributed by atoms with Crippen molar-refractivity contribution in [1.29, 1.82) is 0 Å². The first-order chi connectivity index (χ1) is 9.60. The van der Waals surface area contributed by atoms with Crippen molar-refractivity contribution in [1.82, 2.24) is 20.1 Å². The first kappa shape index (κ1) is 15.7. The Kier molecular flexibility index (Phi) is 5.74. The Bertz CT molecular complexity index is 568. The molecule has 0 radical (unpaired) electrons. The van der Waals surface area contributed by atoms with Crippen molar-refractivity contribution >= 4 is 31.9 Å². The van der Waals surface area contributed by atoms with Gasteiger partial charge in [0.15, 0.2) is 0 Å². The van der Waals surface area contributed by atoms with E-state index in [0.29, 0.717) is 0 Å². The molecular formula is C14H18Br2N4. The topological polar surface area (TPSA) is 42.7 Å². The average molecular weight is 402 g/mol. The summed E-state index contributed by atoms with van der Waals surface area (Å²) in [6.45, 7) is 3.03. The normalized spacial score (nSPS) is 12.6. The van der Waals surface area contributed by atoms with Gasteiger partial charge in [-0.05, 0) is 62.9 Å². The Morgan fingerprint density at radius 3 is 2.75 bits per heavy atom. The maximum Gasteiger partial charge on any atom is 0.0715 e. The summed E-state index contributed by atoms with van der Waals surface area (Å²) in [6.07, 6.45) is 7.80. The molecule has 0 fully saturated rings. The zero-order chi connectivity index (χ0) is 14.5. The maximum absolute atomic E-state index is 4.54. The van der Waals surface area contributed by atoms with Gasteiger partial charge in [-0.25, -0.2) is 0 Å². The molecule has 0 spiro atoms. The minimum atomic E-state index is 0.239. The second-order valence-electron chi connectivity index (χ2n) is 4.69. The van der Waals surface area contributed by atoms with Crippen LogP contribution >= 0.6 is 31.9 Å². The molecule has 1 N–H and O–H groups in total. The molecule has 0 saturated heterocycles. The van der Waals surface area contributed by atoms with Crippen molar-refractivity contribution in [2.24, 2.45) is 7.05 Å². The number of hydrogen-bond acceptors (Lipinski definition) is 3. The predicted molar refractivity (Wildman–Crippen MR) is 87.6 cm³/mol. The van der Waals surface area contributed by atoms with Crippen molar-refractivity contribution in [2.75, 3.05) is 6.54 Å². The summed E-state index contributed by atoms with van der Waals surface area (Å²) in [7, 11) is 1.94. The highest BCUT2D eigenvalue weighted by molar-refractivity contribution is 9.11. The highest BCUT2D eigenvalue weighted by atomic mass is 79.9. The number of aromatic nitrogens is 3. The van der Waals surface area contributed by atoms with Crippen molar-refractivity contribution in [3.63, 3.8) is 0 Å². The molecule has 2 rings (SSSR count). The second kappa shape index (κ2) is 7.33. The molecule has 20 heavy (non-hydrogen) atoms. The van der Waals surface area contributed by atoms with Crippen LogP contribution < -0.4 is 5.32 Å². The molecule has 0 aliphatic carbocycles. The van der Waals surface area contributed by atoms with Crippen molar-refractivity contribution in [2.45, 2.75) is 25.8 Å². The van der Waals surface area contributed by atoms with Crippen LogP contribution in [0.25, 0.3) is 0 Å². The Labute approximate surface area is 136 Å². The van der Waals surface area contributed by atoms with E-state index in [1.165, 1.54) is 5.56 Å². The van der Waals surface area contributed by atoms with Gasteiger partial charge < -0.3 is 5.32 Å². The summed E-state index contributed by atoms with van der Waals surface area (Å²) in [5, 5.41) is 7.71. The average Bonchev–Trinajstić information content (AvgIpc) is 2.81. The van der Waals surface area contributed by atoms with Gasteiger partial charge in [0.25, 0.3) is 0 Å². The lowest BCUT2D eigenvalue weighted by molar-refractivity contribution is 0.501. The molecule has 1 atom stereocenters. The molecule has 2 aromatic rings. The van der Waals surface area contributed by atoms with Gasteiger partial charge >= 0.3 is 0 Å². The lowest BCUT2D eigenvalue weighted by Crippen LogP contribution is -2.23. The summed E-state index contributed by atoms with van der Waals surface area (Å²) in [6, 6.07) is 2.28. The fourth-order valence-corrected chi connectivity index (χ4v) is 3.44.